The molecule has 4 aromatic rings. The van der Waals surface area contributed by atoms with Crippen LogP contribution in [0.4, 0.5) is 13.2 Å². The molecule has 1 aromatic heterocycles. The van der Waals surface area contributed by atoms with Crippen LogP contribution >= 0.6 is 11.3 Å². The zero-order chi connectivity index (χ0) is 36.3. The highest BCUT2D eigenvalue weighted by molar-refractivity contribution is 7.15. The minimum absolute atomic E-state index is 0.0440. The van der Waals surface area contributed by atoms with Gasteiger partial charge in [0.15, 0.2) is 6.10 Å². The average molecular weight is 706 g/mol. The number of carbonyl (C=O) groups is 4. The van der Waals surface area contributed by atoms with E-state index >= 15 is 4.39 Å². The summed E-state index contributed by atoms with van der Waals surface area (Å²) >= 11 is 1.17. The van der Waals surface area contributed by atoms with Gasteiger partial charge < -0.3 is 9.64 Å². The molecule has 1 aliphatic rings. The van der Waals surface area contributed by atoms with Gasteiger partial charge in [-0.1, -0.05) is 63.2 Å². The fourth-order valence-electron chi connectivity index (χ4n) is 6.29. The molecule has 0 radical (unpaired) electrons. The number of nitrogens with zero attached hydrogens (tertiary/aromatic N) is 3. The predicted molar refractivity (Wildman–Crippen MR) is 183 cm³/mol. The lowest BCUT2D eigenvalue weighted by atomic mass is 9.82. The van der Waals surface area contributed by atoms with Crippen molar-refractivity contribution in [2.45, 2.75) is 65.6 Å². The number of benzene rings is 3. The Morgan fingerprint density at radius 2 is 1.56 bits per heavy atom. The molecule has 3 amide bonds. The maximum Gasteiger partial charge on any atom is 0.303 e. The van der Waals surface area contributed by atoms with Crippen molar-refractivity contribution in [3.63, 3.8) is 0 Å². The fraction of sp³-hybridized carbons (Fsp3) is 0.342. The molecule has 8 nitrogen and oxygen atoms in total. The van der Waals surface area contributed by atoms with Crippen LogP contribution in [0.25, 0.3) is 10.6 Å². The summed E-state index contributed by atoms with van der Waals surface area (Å²) in [5.74, 6) is -3.87. The molecule has 5 rings (SSSR count). The Morgan fingerprint density at radius 1 is 0.940 bits per heavy atom. The van der Waals surface area contributed by atoms with Gasteiger partial charge in [0.2, 0.25) is 0 Å². The second kappa shape index (κ2) is 15.0. The van der Waals surface area contributed by atoms with E-state index in [9.17, 15) is 28.0 Å². The van der Waals surface area contributed by atoms with E-state index in [2.05, 4.69) is 0 Å². The normalized spacial score (nSPS) is 14.7. The van der Waals surface area contributed by atoms with Crippen molar-refractivity contribution in [2.75, 3.05) is 13.2 Å². The lowest BCUT2D eigenvalue weighted by molar-refractivity contribution is -0.160. The molecule has 0 aliphatic carbocycles. The summed E-state index contributed by atoms with van der Waals surface area (Å²) in [6.45, 7) is 6.99. The van der Waals surface area contributed by atoms with E-state index in [-0.39, 0.29) is 34.7 Å². The molecule has 0 N–H and O–H groups in total. The Hall–Kier alpha value is -4.84. The number of rotatable bonds is 12. The minimum atomic E-state index is -1.25. The number of esters is 1. The van der Waals surface area contributed by atoms with Crippen molar-refractivity contribution in [3.05, 3.63) is 112 Å². The molecule has 0 unspecified atom stereocenters. The zero-order valence-electron chi connectivity index (χ0n) is 28.4. The van der Waals surface area contributed by atoms with Crippen molar-refractivity contribution < 1.29 is 37.1 Å². The van der Waals surface area contributed by atoms with Crippen molar-refractivity contribution in [2.24, 2.45) is 5.41 Å². The number of fused-ring (bicyclic) bond motifs is 1. The number of aromatic nitrogens is 1. The first kappa shape index (κ1) is 36.4. The molecule has 0 spiro atoms. The fourth-order valence-corrected chi connectivity index (χ4v) is 7.43. The highest BCUT2D eigenvalue weighted by atomic mass is 32.1. The third kappa shape index (κ3) is 7.65. The molecule has 2 heterocycles. The second-order valence-corrected chi connectivity index (χ2v) is 14.4. The van der Waals surface area contributed by atoms with Gasteiger partial charge in [-0.25, -0.2) is 18.2 Å². The maximum atomic E-state index is 15.1. The van der Waals surface area contributed by atoms with Crippen molar-refractivity contribution in [3.8, 4) is 10.6 Å². The van der Waals surface area contributed by atoms with E-state index in [0.717, 1.165) is 28.7 Å². The zero-order valence-corrected chi connectivity index (χ0v) is 29.2. The highest BCUT2D eigenvalue weighted by Crippen LogP contribution is 2.44. The van der Waals surface area contributed by atoms with E-state index in [1.807, 2.05) is 51.1 Å². The van der Waals surface area contributed by atoms with E-state index in [1.54, 1.807) is 12.1 Å². The predicted octanol–water partition coefficient (Wildman–Crippen LogP) is 7.57. The van der Waals surface area contributed by atoms with Crippen LogP contribution in [0.2, 0.25) is 0 Å². The van der Waals surface area contributed by atoms with Gasteiger partial charge in [0, 0.05) is 30.3 Å². The van der Waals surface area contributed by atoms with Crippen LogP contribution in [-0.4, -0.2) is 63.8 Å². The molecule has 0 fully saturated rings. The molecule has 3 aromatic carbocycles. The Balaban J connectivity index is 1.61. The van der Waals surface area contributed by atoms with Gasteiger partial charge in [-0.15, -0.1) is 11.3 Å². The molecule has 0 saturated heterocycles. The third-order valence-electron chi connectivity index (χ3n) is 8.53. The van der Waals surface area contributed by atoms with Crippen molar-refractivity contribution in [1.29, 1.82) is 0 Å². The minimum Gasteiger partial charge on any atom is -0.453 e. The summed E-state index contributed by atoms with van der Waals surface area (Å²) in [5, 5.41) is 0.199. The van der Waals surface area contributed by atoms with Gasteiger partial charge >= 0.3 is 5.97 Å². The Labute approximate surface area is 292 Å². The van der Waals surface area contributed by atoms with E-state index < -0.39 is 65.6 Å². The lowest BCUT2D eigenvalue weighted by Crippen LogP contribution is -2.49. The molecule has 0 saturated carbocycles. The van der Waals surface area contributed by atoms with Gasteiger partial charge in [0.1, 0.15) is 23.3 Å². The average Bonchev–Trinajstić information content (AvgIpc) is 3.58. The first-order valence-electron chi connectivity index (χ1n) is 16.2. The van der Waals surface area contributed by atoms with Gasteiger partial charge in [0.05, 0.1) is 28.9 Å². The Bertz CT molecular complexity index is 1870. The number of imide groups is 1. The molecular formula is C38H38F3N3O5S. The number of ether oxygens (including phenoxy) is 1. The molecule has 3 atom stereocenters. The maximum absolute atomic E-state index is 15.1. The van der Waals surface area contributed by atoms with Gasteiger partial charge in [-0.3, -0.25) is 24.1 Å². The van der Waals surface area contributed by atoms with Crippen LogP contribution in [0, 0.1) is 17.0 Å². The van der Waals surface area contributed by atoms with Crippen LogP contribution in [0.3, 0.4) is 0 Å². The molecule has 12 heteroatoms. The summed E-state index contributed by atoms with van der Waals surface area (Å²) in [6, 6.07) is 16.7. The van der Waals surface area contributed by atoms with Crippen LogP contribution in [0.1, 0.15) is 83.9 Å². The summed E-state index contributed by atoms with van der Waals surface area (Å²) in [7, 11) is 0. The molecule has 262 valence electrons. The van der Waals surface area contributed by atoms with Gasteiger partial charge in [0.25, 0.3) is 17.7 Å². The largest absolute Gasteiger partial charge is 0.453 e. The van der Waals surface area contributed by atoms with E-state index in [1.165, 1.54) is 42.2 Å². The van der Waals surface area contributed by atoms with Crippen molar-refractivity contribution in [1.82, 2.24) is 14.8 Å². The smallest absolute Gasteiger partial charge is 0.303 e. The molecule has 0 bridgehead atoms. The van der Waals surface area contributed by atoms with Gasteiger partial charge in [-0.05, 0) is 54.7 Å². The Kier molecular flexibility index (Phi) is 10.9. The Morgan fingerprint density at radius 3 is 2.14 bits per heavy atom. The van der Waals surface area contributed by atoms with Crippen LogP contribution in [0.15, 0.2) is 72.8 Å². The summed E-state index contributed by atoms with van der Waals surface area (Å²) in [6.07, 6.45) is -1.05. The quantitative estimate of drug-likeness (QED) is 0.112. The number of halogens is 3. The third-order valence-corrected chi connectivity index (χ3v) is 9.63. The SMILES string of the molecule is CC(=O)O[C@@H](C)C(=O)N(CC[C@@H](CF)N1C(=O)c2ccccc2C1=O)[C@@H](c1nc(-c2cc(F)ccc2F)sc1Cc1ccccc1)C(C)(C)C. The monoisotopic (exact) mass is 705 g/mol. The number of amides is 3. The first-order valence-corrected chi connectivity index (χ1v) is 17.0. The number of hydrogen-bond acceptors (Lipinski definition) is 7. The molecular weight excluding hydrogens is 667 g/mol. The van der Waals surface area contributed by atoms with Crippen molar-refractivity contribution >= 4 is 35.0 Å². The number of thiazole rings is 1. The highest BCUT2D eigenvalue weighted by Gasteiger charge is 2.43. The van der Waals surface area contributed by atoms with Crippen LogP contribution < -0.4 is 0 Å². The second-order valence-electron chi connectivity index (χ2n) is 13.3. The summed E-state index contributed by atoms with van der Waals surface area (Å²) in [5.41, 5.74) is 0.841. The standard InChI is InChI=1S/C38H38F3N3O5S/c1-22(49-23(2)45)35(46)43(18-17-26(21-39)44-36(47)27-13-9-10-14-28(27)37(44)48)33(38(3,4)5)32-31(19-24-11-7-6-8-12-24)50-34(42-32)29-20-25(40)15-16-30(29)41/h6-16,20,22,26,33H,17-19,21H2,1-5H3/t22-,26-,33-/m0/s1. The molecule has 50 heavy (non-hydrogen) atoms. The van der Waals surface area contributed by atoms with Crippen LogP contribution in [-0.2, 0) is 20.7 Å². The number of hydrogen-bond donors (Lipinski definition) is 0. The van der Waals surface area contributed by atoms with Gasteiger partial charge in [-0.2, -0.15) is 0 Å². The number of alkyl halides is 1. The van der Waals surface area contributed by atoms with E-state index in [0.29, 0.717) is 17.0 Å². The lowest BCUT2D eigenvalue weighted by Gasteiger charge is -2.41. The summed E-state index contributed by atoms with van der Waals surface area (Å²) in [4.78, 5) is 60.7. The number of carbonyl (C=O) groups excluding carboxylic acids is 4. The summed E-state index contributed by atoms with van der Waals surface area (Å²) < 4.78 is 49.6. The van der Waals surface area contributed by atoms with E-state index in [4.69, 9.17) is 9.72 Å². The van der Waals surface area contributed by atoms with Crippen LogP contribution in [0.5, 0.6) is 0 Å². The first-order chi connectivity index (χ1) is 23.7. The molecule has 1 aliphatic heterocycles. The topological polar surface area (TPSA) is 96.9 Å².